The molecule has 3 aromatic rings. The van der Waals surface area contributed by atoms with Crippen molar-refractivity contribution in [1.82, 2.24) is 4.25 Å². The first-order valence-corrected chi connectivity index (χ1v) is 18.3. The van der Waals surface area contributed by atoms with E-state index in [1.54, 1.807) is 0 Å². The molecule has 0 radical (unpaired) electrons. The van der Waals surface area contributed by atoms with Crippen molar-refractivity contribution in [1.29, 1.82) is 0 Å². The van der Waals surface area contributed by atoms with Crippen molar-refractivity contribution < 1.29 is 65.9 Å². The Balaban J connectivity index is 3.11. The van der Waals surface area contributed by atoms with E-state index in [4.69, 9.17) is 0 Å². The van der Waals surface area contributed by atoms with Crippen LogP contribution in [0.25, 0.3) is 0 Å². The summed E-state index contributed by atoms with van der Waals surface area (Å²) in [4.78, 5) is 0. The Morgan fingerprint density at radius 2 is 0.535 bits per heavy atom. The van der Waals surface area contributed by atoms with Gasteiger partial charge in [-0.05, 0) is 0 Å². The molecule has 236 valence electrons. The van der Waals surface area contributed by atoms with Crippen LogP contribution in [0.5, 0.6) is 0 Å². The van der Waals surface area contributed by atoms with Gasteiger partial charge < -0.3 is 4.25 Å². The van der Waals surface area contributed by atoms with Crippen LogP contribution in [0.2, 0.25) is 19.6 Å². The van der Waals surface area contributed by atoms with E-state index in [2.05, 4.69) is 0 Å². The Labute approximate surface area is 235 Å². The van der Waals surface area contributed by atoms with Crippen molar-refractivity contribution in [2.24, 2.45) is 0 Å². The van der Waals surface area contributed by atoms with Crippen LogP contribution in [-0.2, 0) is 0 Å². The summed E-state index contributed by atoms with van der Waals surface area (Å²) in [6, 6.07) is 0. The van der Waals surface area contributed by atoms with Gasteiger partial charge in [-0.15, -0.1) is 16.4 Å². The SMILES string of the molecule is C[Si](C)(C)N([B-](c1c(F)c(F)c(F)c(F)c1F)(c1c(F)c(F)c(F)c(F)c1F)c1c(F)c(F)c(F)c(F)c1F)[P+](C)(C)C. The third kappa shape index (κ3) is 4.93. The molecule has 0 aliphatic rings. The Morgan fingerprint density at radius 3 is 0.674 bits per heavy atom. The Morgan fingerprint density at radius 1 is 0.372 bits per heavy atom. The fraction of sp³-hybridized carbons (Fsp3) is 0.250. The third-order valence-corrected chi connectivity index (χ3v) is 13.7. The standard InChI is InChI=1S/C24H18BF15NPSi/c1-42(2,3)41(43(4,5)6)25(7-10(26)16(32)22(38)17(33)11(7)27,8-12(28)18(34)23(39)19(35)13(8)29)9-14(30)20(36)24(40)21(37)15(9)31/h1-6H3. The molecule has 0 aliphatic heterocycles. The minimum Gasteiger partial charge on any atom is -0.347 e. The number of hydrogen-bond donors (Lipinski definition) is 0. The van der Waals surface area contributed by atoms with Crippen molar-refractivity contribution in [2.75, 3.05) is 20.0 Å². The molecule has 0 bridgehead atoms. The zero-order valence-corrected chi connectivity index (χ0v) is 24.5. The van der Waals surface area contributed by atoms with Gasteiger partial charge in [-0.2, -0.15) is 0 Å². The summed E-state index contributed by atoms with van der Waals surface area (Å²) >= 11 is 0. The average Bonchev–Trinajstić information content (AvgIpc) is 2.89. The van der Waals surface area contributed by atoms with Crippen LogP contribution >= 0.6 is 7.41 Å². The van der Waals surface area contributed by atoms with Crippen molar-refractivity contribution in [3.63, 3.8) is 0 Å². The summed E-state index contributed by atoms with van der Waals surface area (Å²) in [5.41, 5.74) is -7.79. The average molecular weight is 675 g/mol. The van der Waals surface area contributed by atoms with Gasteiger partial charge in [0.05, 0.1) is 20.0 Å². The molecule has 0 spiro atoms. The molecule has 3 aromatic carbocycles. The van der Waals surface area contributed by atoms with E-state index in [0.29, 0.717) is 4.25 Å². The fourth-order valence-corrected chi connectivity index (χ4v) is 15.9. The first-order valence-electron chi connectivity index (χ1n) is 11.7. The lowest BCUT2D eigenvalue weighted by Crippen LogP contribution is -2.84. The number of halogens is 15. The largest absolute Gasteiger partial charge is 0.347 e. The highest BCUT2D eigenvalue weighted by Crippen LogP contribution is 2.57. The molecule has 0 unspecified atom stereocenters. The monoisotopic (exact) mass is 675 g/mol. The van der Waals surface area contributed by atoms with Crippen LogP contribution in [0.15, 0.2) is 0 Å². The maximum Gasteiger partial charge on any atom is 0.200 e. The Kier molecular flexibility index (Phi) is 8.91. The summed E-state index contributed by atoms with van der Waals surface area (Å²) in [5, 5.41) is 0. The van der Waals surface area contributed by atoms with Gasteiger partial charge >= 0.3 is 0 Å². The molecular weight excluding hydrogens is 657 g/mol. The summed E-state index contributed by atoms with van der Waals surface area (Å²) in [6.07, 6.45) is -5.73. The van der Waals surface area contributed by atoms with E-state index >= 15 is 26.3 Å². The Bertz CT molecular complexity index is 1400. The molecule has 0 saturated carbocycles. The number of rotatable bonds is 6. The second-order valence-corrected chi connectivity index (χ2v) is 20.7. The van der Waals surface area contributed by atoms with Gasteiger partial charge in [-0.3, -0.25) is 0 Å². The molecule has 19 heteroatoms. The van der Waals surface area contributed by atoms with Crippen LogP contribution in [0.3, 0.4) is 0 Å². The number of hydrogen-bond acceptors (Lipinski definition) is 1. The van der Waals surface area contributed by atoms with Gasteiger partial charge in [0.2, 0.25) is 0 Å². The van der Waals surface area contributed by atoms with Gasteiger partial charge in [0, 0.05) is 7.41 Å². The lowest BCUT2D eigenvalue weighted by Gasteiger charge is -2.58. The second kappa shape index (κ2) is 11.0. The van der Waals surface area contributed by atoms with Gasteiger partial charge in [0.1, 0.15) is 43.1 Å². The topological polar surface area (TPSA) is 3.24 Å². The van der Waals surface area contributed by atoms with Crippen LogP contribution in [0.1, 0.15) is 0 Å². The fourth-order valence-electron chi connectivity index (χ4n) is 5.77. The quantitative estimate of drug-likeness (QED) is 0.0926. The number of benzene rings is 3. The van der Waals surface area contributed by atoms with Crippen molar-refractivity contribution in [3.05, 3.63) is 87.3 Å². The third-order valence-electron chi connectivity index (χ3n) is 6.69. The van der Waals surface area contributed by atoms with Gasteiger partial charge in [-0.1, -0.05) is 19.6 Å². The van der Waals surface area contributed by atoms with E-state index in [1.165, 1.54) is 0 Å². The molecule has 0 heterocycles. The smallest absolute Gasteiger partial charge is 0.200 e. The summed E-state index contributed by atoms with van der Waals surface area (Å²) < 4.78 is 226. The van der Waals surface area contributed by atoms with Crippen LogP contribution in [-0.4, -0.2) is 38.8 Å². The molecule has 0 aliphatic carbocycles. The van der Waals surface area contributed by atoms with Crippen molar-refractivity contribution in [2.45, 2.75) is 19.6 Å². The molecule has 1 nitrogen and oxygen atoms in total. The molecule has 3 rings (SSSR count). The zero-order chi connectivity index (χ0) is 33.5. The van der Waals surface area contributed by atoms with E-state index in [0.717, 1.165) is 39.6 Å². The molecular formula is C24H18BF15NPSi. The first kappa shape index (κ1) is 34.8. The van der Waals surface area contributed by atoms with Gasteiger partial charge in [0.15, 0.2) is 58.6 Å². The zero-order valence-electron chi connectivity index (χ0n) is 22.6. The predicted octanol–water partition coefficient (Wildman–Crippen LogP) is 6.70. The van der Waals surface area contributed by atoms with Crippen LogP contribution in [0.4, 0.5) is 65.9 Å². The summed E-state index contributed by atoms with van der Waals surface area (Å²) in [5.74, 6) is -44.9. The highest BCUT2D eigenvalue weighted by molar-refractivity contribution is 7.76. The minimum absolute atomic E-state index is 0.412. The predicted molar refractivity (Wildman–Crippen MR) is 133 cm³/mol. The van der Waals surface area contributed by atoms with Crippen LogP contribution in [0, 0.1) is 87.3 Å². The van der Waals surface area contributed by atoms with E-state index in [9.17, 15) is 39.5 Å². The first-order chi connectivity index (χ1) is 19.4. The highest BCUT2D eigenvalue weighted by atomic mass is 31.2. The summed E-state index contributed by atoms with van der Waals surface area (Å²) in [6.45, 7) is 6.51. The number of nitrogens with zero attached hydrogens (tertiary/aromatic N) is 1. The van der Waals surface area contributed by atoms with Gasteiger partial charge in [0.25, 0.3) is 0 Å². The summed E-state index contributed by atoms with van der Waals surface area (Å²) in [7, 11) is -7.60. The second-order valence-electron chi connectivity index (χ2n) is 11.2. The van der Waals surface area contributed by atoms with Gasteiger partial charge in [-0.25, -0.2) is 65.9 Å². The Hall–Kier alpha value is -2.72. The van der Waals surface area contributed by atoms with E-state index in [-0.39, 0.29) is 0 Å². The molecule has 43 heavy (non-hydrogen) atoms. The molecule has 0 aromatic heterocycles. The molecule has 0 atom stereocenters. The van der Waals surface area contributed by atoms with Crippen LogP contribution < -0.4 is 16.4 Å². The van der Waals surface area contributed by atoms with Crippen molar-refractivity contribution in [3.8, 4) is 0 Å². The van der Waals surface area contributed by atoms with Crippen molar-refractivity contribution >= 4 is 38.3 Å². The minimum atomic E-state index is -5.73. The molecule has 0 fully saturated rings. The van der Waals surface area contributed by atoms with E-state index < -0.39 is 126 Å². The molecule has 0 amide bonds. The molecule has 0 N–H and O–H groups in total. The lowest BCUT2D eigenvalue weighted by atomic mass is 9.24. The lowest BCUT2D eigenvalue weighted by molar-refractivity contribution is 0.378. The molecule has 0 saturated heterocycles. The highest BCUT2D eigenvalue weighted by Gasteiger charge is 2.58. The van der Waals surface area contributed by atoms with E-state index in [1.807, 2.05) is 0 Å². The maximum absolute atomic E-state index is 15.8. The normalized spacial score (nSPS) is 13.0. The maximum atomic E-state index is 15.8.